The van der Waals surface area contributed by atoms with Crippen LogP contribution in [0.2, 0.25) is 0 Å². The Kier molecular flexibility index (Phi) is 4.34. The summed E-state index contributed by atoms with van der Waals surface area (Å²) in [7, 11) is 0. The quantitative estimate of drug-likeness (QED) is 0.781. The van der Waals surface area contributed by atoms with E-state index >= 15 is 0 Å². The van der Waals surface area contributed by atoms with Gasteiger partial charge in [-0.25, -0.2) is 0 Å². The molecule has 1 aliphatic carbocycles. The van der Waals surface area contributed by atoms with Gasteiger partial charge in [-0.3, -0.25) is 4.90 Å². The summed E-state index contributed by atoms with van der Waals surface area (Å²) in [6.45, 7) is 5.98. The van der Waals surface area contributed by atoms with Crippen molar-refractivity contribution in [3.05, 3.63) is 47.1 Å². The summed E-state index contributed by atoms with van der Waals surface area (Å²) in [4.78, 5) is 6.95. The highest BCUT2D eigenvalue weighted by Crippen LogP contribution is 2.29. The van der Waals surface area contributed by atoms with Crippen LogP contribution in [0, 0.1) is 6.92 Å². The molecule has 0 atom stereocenters. The van der Waals surface area contributed by atoms with Crippen molar-refractivity contribution in [2.75, 3.05) is 0 Å². The van der Waals surface area contributed by atoms with Gasteiger partial charge in [0.05, 0.1) is 6.54 Å². The Morgan fingerprint density at radius 1 is 1.29 bits per heavy atom. The highest BCUT2D eigenvalue weighted by molar-refractivity contribution is 5.22. The topological polar surface area (TPSA) is 42.2 Å². The van der Waals surface area contributed by atoms with Crippen LogP contribution in [0.3, 0.4) is 0 Å². The van der Waals surface area contributed by atoms with Crippen molar-refractivity contribution in [3.8, 4) is 0 Å². The van der Waals surface area contributed by atoms with Gasteiger partial charge in [-0.2, -0.15) is 4.98 Å². The van der Waals surface area contributed by atoms with Crippen LogP contribution in [-0.2, 0) is 19.5 Å². The molecule has 2 aromatic rings. The lowest BCUT2D eigenvalue weighted by molar-refractivity contribution is 0.209. The van der Waals surface area contributed by atoms with Crippen molar-refractivity contribution in [1.82, 2.24) is 15.0 Å². The predicted molar refractivity (Wildman–Crippen MR) is 81.7 cm³/mol. The van der Waals surface area contributed by atoms with Crippen molar-refractivity contribution in [2.24, 2.45) is 0 Å². The second-order valence-electron chi connectivity index (χ2n) is 5.98. The van der Waals surface area contributed by atoms with Gasteiger partial charge in [0.15, 0.2) is 5.82 Å². The molecule has 112 valence electrons. The first-order valence-corrected chi connectivity index (χ1v) is 7.85. The number of nitrogens with zero attached hydrogens (tertiary/aromatic N) is 3. The van der Waals surface area contributed by atoms with Crippen LogP contribution in [0.4, 0.5) is 0 Å². The largest absolute Gasteiger partial charge is 0.338 e. The number of rotatable bonds is 7. The molecule has 0 aliphatic heterocycles. The summed E-state index contributed by atoms with van der Waals surface area (Å²) in [6, 6.07) is 9.39. The molecule has 1 saturated carbocycles. The second-order valence-corrected chi connectivity index (χ2v) is 5.98. The Labute approximate surface area is 126 Å². The van der Waals surface area contributed by atoms with Gasteiger partial charge in [-0.05, 0) is 31.7 Å². The fourth-order valence-corrected chi connectivity index (χ4v) is 2.65. The maximum absolute atomic E-state index is 5.38. The lowest BCUT2D eigenvalue weighted by atomic mass is 10.1. The van der Waals surface area contributed by atoms with E-state index in [4.69, 9.17) is 4.52 Å². The number of benzene rings is 1. The van der Waals surface area contributed by atoms with Crippen LogP contribution in [0.15, 0.2) is 28.8 Å². The van der Waals surface area contributed by atoms with E-state index in [-0.39, 0.29) is 0 Å². The van der Waals surface area contributed by atoms with Gasteiger partial charge in [0.25, 0.3) is 0 Å². The molecule has 0 amide bonds. The van der Waals surface area contributed by atoms with Crippen LogP contribution in [0.5, 0.6) is 0 Å². The van der Waals surface area contributed by atoms with Crippen LogP contribution >= 0.6 is 0 Å². The Hall–Kier alpha value is -1.68. The summed E-state index contributed by atoms with van der Waals surface area (Å²) >= 11 is 0. The van der Waals surface area contributed by atoms with Gasteiger partial charge in [-0.1, -0.05) is 41.9 Å². The van der Waals surface area contributed by atoms with Crippen LogP contribution in [-0.4, -0.2) is 21.1 Å². The zero-order chi connectivity index (χ0) is 14.7. The van der Waals surface area contributed by atoms with Crippen LogP contribution < -0.4 is 0 Å². The highest BCUT2D eigenvalue weighted by atomic mass is 16.5. The normalized spacial score (nSPS) is 14.8. The maximum Gasteiger partial charge on any atom is 0.240 e. The van der Waals surface area contributed by atoms with E-state index < -0.39 is 0 Å². The van der Waals surface area contributed by atoms with E-state index in [9.17, 15) is 0 Å². The average molecular weight is 285 g/mol. The molecule has 1 aromatic carbocycles. The lowest BCUT2D eigenvalue weighted by Crippen LogP contribution is -2.25. The van der Waals surface area contributed by atoms with Crippen LogP contribution in [0.25, 0.3) is 0 Å². The van der Waals surface area contributed by atoms with Crippen molar-refractivity contribution in [2.45, 2.75) is 58.7 Å². The van der Waals surface area contributed by atoms with Gasteiger partial charge < -0.3 is 4.52 Å². The first-order chi connectivity index (χ1) is 10.2. The molecular formula is C17H23N3O. The Morgan fingerprint density at radius 3 is 2.86 bits per heavy atom. The summed E-state index contributed by atoms with van der Waals surface area (Å²) < 4.78 is 5.38. The molecule has 0 unspecified atom stereocenters. The Bertz CT molecular complexity index is 589. The van der Waals surface area contributed by atoms with E-state index in [1.807, 2.05) is 0 Å². The molecule has 1 aromatic heterocycles. The van der Waals surface area contributed by atoms with Gasteiger partial charge in [0.1, 0.15) is 0 Å². The molecule has 1 heterocycles. The summed E-state index contributed by atoms with van der Waals surface area (Å²) in [5, 5.41) is 4.05. The third-order valence-corrected chi connectivity index (χ3v) is 3.85. The fourth-order valence-electron chi connectivity index (χ4n) is 2.65. The minimum absolute atomic E-state index is 0.673. The molecule has 21 heavy (non-hydrogen) atoms. The molecule has 1 aliphatic rings. The van der Waals surface area contributed by atoms with Gasteiger partial charge in [-0.15, -0.1) is 0 Å². The van der Waals surface area contributed by atoms with E-state index in [0.717, 1.165) is 37.6 Å². The second kappa shape index (κ2) is 6.39. The third-order valence-electron chi connectivity index (χ3n) is 3.85. The number of aromatic nitrogens is 2. The van der Waals surface area contributed by atoms with Gasteiger partial charge in [0, 0.05) is 19.0 Å². The minimum Gasteiger partial charge on any atom is -0.338 e. The smallest absolute Gasteiger partial charge is 0.240 e. The molecule has 3 rings (SSSR count). The molecule has 0 radical (unpaired) electrons. The molecule has 1 fully saturated rings. The van der Waals surface area contributed by atoms with Crippen molar-refractivity contribution in [1.29, 1.82) is 0 Å². The monoisotopic (exact) mass is 285 g/mol. The number of hydrogen-bond acceptors (Lipinski definition) is 4. The van der Waals surface area contributed by atoms with E-state index in [0.29, 0.717) is 6.04 Å². The molecule has 0 saturated heterocycles. The fraction of sp³-hybridized carbons (Fsp3) is 0.529. The number of hydrogen-bond donors (Lipinski definition) is 0. The number of aryl methyl sites for hydroxylation is 2. The SMILES string of the molecule is CCCc1noc(CN(Cc2cccc(C)c2)C2CC2)n1. The molecule has 4 nitrogen and oxygen atoms in total. The van der Waals surface area contributed by atoms with E-state index in [1.165, 1.54) is 24.0 Å². The van der Waals surface area contributed by atoms with Crippen molar-refractivity contribution in [3.63, 3.8) is 0 Å². The van der Waals surface area contributed by atoms with E-state index in [1.54, 1.807) is 0 Å². The Balaban J connectivity index is 1.66. The minimum atomic E-state index is 0.673. The standard InChI is InChI=1S/C17H23N3O/c1-3-5-16-18-17(21-19-16)12-20(15-8-9-15)11-14-7-4-6-13(2)10-14/h4,6-7,10,15H,3,5,8-9,11-12H2,1-2H3. The predicted octanol–water partition coefficient (Wildman–Crippen LogP) is 3.50. The summed E-state index contributed by atoms with van der Waals surface area (Å²) in [5.74, 6) is 1.58. The van der Waals surface area contributed by atoms with Crippen LogP contribution in [0.1, 0.15) is 49.0 Å². The maximum atomic E-state index is 5.38. The van der Waals surface area contributed by atoms with E-state index in [2.05, 4.69) is 53.2 Å². The average Bonchev–Trinajstić information content (AvgIpc) is 3.21. The molecule has 4 heteroatoms. The summed E-state index contributed by atoms with van der Waals surface area (Å²) in [6.07, 6.45) is 4.50. The zero-order valence-corrected chi connectivity index (χ0v) is 12.9. The first kappa shape index (κ1) is 14.3. The summed E-state index contributed by atoms with van der Waals surface area (Å²) in [5.41, 5.74) is 2.67. The highest BCUT2D eigenvalue weighted by Gasteiger charge is 2.30. The van der Waals surface area contributed by atoms with Crippen molar-refractivity contribution < 1.29 is 4.52 Å². The molecule has 0 bridgehead atoms. The molecule has 0 spiro atoms. The van der Waals surface area contributed by atoms with Gasteiger partial charge >= 0.3 is 0 Å². The van der Waals surface area contributed by atoms with Crippen molar-refractivity contribution >= 4 is 0 Å². The van der Waals surface area contributed by atoms with Gasteiger partial charge in [0.2, 0.25) is 5.89 Å². The molecule has 0 N–H and O–H groups in total. The molecular weight excluding hydrogens is 262 g/mol. The third kappa shape index (κ3) is 3.91. The zero-order valence-electron chi connectivity index (χ0n) is 12.9. The Morgan fingerprint density at radius 2 is 2.14 bits per heavy atom. The first-order valence-electron chi connectivity index (χ1n) is 7.85. The lowest BCUT2D eigenvalue weighted by Gasteiger charge is -2.20.